The Bertz CT molecular complexity index is 381. The smallest absolute Gasteiger partial charge is 0.0781 e. The summed E-state index contributed by atoms with van der Waals surface area (Å²) in [7, 11) is -1.18. The van der Waals surface area contributed by atoms with Crippen molar-refractivity contribution in [2.75, 3.05) is 12.3 Å². The molecule has 0 heterocycles. The molecule has 0 aromatic heterocycles. The third kappa shape index (κ3) is 4.22. The van der Waals surface area contributed by atoms with Crippen LogP contribution in [0.5, 0.6) is 0 Å². The lowest BCUT2D eigenvalue weighted by Crippen LogP contribution is -2.26. The molecule has 0 saturated carbocycles. The predicted molar refractivity (Wildman–Crippen MR) is 71.5 cm³/mol. The third-order valence-electron chi connectivity index (χ3n) is 2.60. The lowest BCUT2D eigenvalue weighted by Gasteiger charge is -2.19. The molecule has 96 valence electrons. The van der Waals surface area contributed by atoms with Gasteiger partial charge in [0.1, 0.15) is 0 Å². The maximum atomic E-state index is 11.9. The normalized spacial score (nSPS) is 15.6. The van der Waals surface area contributed by atoms with Gasteiger partial charge in [-0.25, -0.2) is 0 Å². The van der Waals surface area contributed by atoms with Gasteiger partial charge in [-0.1, -0.05) is 32.9 Å². The molecule has 0 fully saturated rings. The van der Waals surface area contributed by atoms with Crippen molar-refractivity contribution in [3.8, 4) is 0 Å². The first-order chi connectivity index (χ1) is 7.84. The van der Waals surface area contributed by atoms with Gasteiger partial charge in [0, 0.05) is 11.4 Å². The number of aliphatic hydroxyl groups is 1. The van der Waals surface area contributed by atoms with Gasteiger partial charge in [-0.3, -0.25) is 4.21 Å². The molecule has 0 radical (unpaired) electrons. The molecule has 1 aromatic carbocycles. The summed E-state index contributed by atoms with van der Waals surface area (Å²) in [4.78, 5) is 0.741. The van der Waals surface area contributed by atoms with Crippen LogP contribution in [0.1, 0.15) is 26.3 Å². The maximum Gasteiger partial charge on any atom is 0.0781 e. The number of hydrogen-bond acceptors (Lipinski definition) is 3. The van der Waals surface area contributed by atoms with E-state index < -0.39 is 16.9 Å². The van der Waals surface area contributed by atoms with Crippen molar-refractivity contribution >= 4 is 10.8 Å². The van der Waals surface area contributed by atoms with Crippen molar-refractivity contribution in [3.05, 3.63) is 29.8 Å². The molecule has 3 nitrogen and oxygen atoms in total. The number of rotatable bonds is 4. The van der Waals surface area contributed by atoms with Gasteiger partial charge in [0.15, 0.2) is 0 Å². The van der Waals surface area contributed by atoms with Gasteiger partial charge in [-0.15, -0.1) is 0 Å². The topological polar surface area (TPSA) is 63.3 Å². The van der Waals surface area contributed by atoms with Crippen LogP contribution >= 0.6 is 0 Å². The Hall–Kier alpha value is -0.710. The molecular formula is C13H21NO2S. The SMILES string of the molecule is CC(C)(C)c1ccc(S(=O)C[C@@H](O)CN)cc1. The van der Waals surface area contributed by atoms with E-state index in [4.69, 9.17) is 5.73 Å². The summed E-state index contributed by atoms with van der Waals surface area (Å²) in [6.45, 7) is 6.55. The molecule has 1 unspecified atom stereocenters. The number of aliphatic hydroxyl groups excluding tert-OH is 1. The van der Waals surface area contributed by atoms with E-state index in [1.165, 1.54) is 5.56 Å². The average molecular weight is 255 g/mol. The molecular weight excluding hydrogens is 234 g/mol. The molecule has 2 atom stereocenters. The van der Waals surface area contributed by atoms with Gasteiger partial charge in [-0.05, 0) is 23.1 Å². The van der Waals surface area contributed by atoms with Gasteiger partial charge in [-0.2, -0.15) is 0 Å². The fourth-order valence-corrected chi connectivity index (χ4v) is 2.56. The van der Waals surface area contributed by atoms with Crippen LogP contribution in [-0.2, 0) is 16.2 Å². The molecule has 0 amide bonds. The fraction of sp³-hybridized carbons (Fsp3) is 0.538. The summed E-state index contributed by atoms with van der Waals surface area (Å²) in [6, 6.07) is 7.70. The quantitative estimate of drug-likeness (QED) is 0.855. The zero-order chi connectivity index (χ0) is 13.1. The molecule has 17 heavy (non-hydrogen) atoms. The molecule has 0 bridgehead atoms. The highest BCUT2D eigenvalue weighted by atomic mass is 32.2. The van der Waals surface area contributed by atoms with E-state index in [0.717, 1.165) is 4.90 Å². The predicted octanol–water partition coefficient (Wildman–Crippen LogP) is 1.41. The van der Waals surface area contributed by atoms with Crippen molar-refractivity contribution in [1.82, 2.24) is 0 Å². The summed E-state index contributed by atoms with van der Waals surface area (Å²) in [5, 5.41) is 9.36. The van der Waals surface area contributed by atoms with Crippen LogP contribution in [-0.4, -0.2) is 27.7 Å². The van der Waals surface area contributed by atoms with Crippen LogP contribution in [0.2, 0.25) is 0 Å². The van der Waals surface area contributed by atoms with E-state index in [1.807, 2.05) is 24.3 Å². The van der Waals surface area contributed by atoms with Gasteiger partial charge >= 0.3 is 0 Å². The minimum absolute atomic E-state index is 0.0940. The summed E-state index contributed by atoms with van der Waals surface area (Å²) in [5.74, 6) is 0.200. The lowest BCUT2D eigenvalue weighted by atomic mass is 9.87. The molecule has 1 aromatic rings. The zero-order valence-electron chi connectivity index (χ0n) is 10.6. The standard InChI is InChI=1S/C13H21NO2S/c1-13(2,3)10-4-6-12(7-5-10)17(16)9-11(15)8-14/h4-7,11,15H,8-9,14H2,1-3H3/t11-,17?/m0/s1. The Labute approximate surface area is 105 Å². The van der Waals surface area contributed by atoms with Crippen LogP contribution in [0.4, 0.5) is 0 Å². The number of nitrogens with two attached hydrogens (primary N) is 1. The lowest BCUT2D eigenvalue weighted by molar-refractivity contribution is 0.207. The highest BCUT2D eigenvalue weighted by Gasteiger charge is 2.14. The van der Waals surface area contributed by atoms with Crippen LogP contribution in [0.15, 0.2) is 29.2 Å². The van der Waals surface area contributed by atoms with Crippen molar-refractivity contribution < 1.29 is 9.32 Å². The van der Waals surface area contributed by atoms with Gasteiger partial charge in [0.25, 0.3) is 0 Å². The molecule has 0 aliphatic rings. The zero-order valence-corrected chi connectivity index (χ0v) is 11.5. The first kappa shape index (κ1) is 14.4. The van der Waals surface area contributed by atoms with Crippen LogP contribution in [0.25, 0.3) is 0 Å². The fourth-order valence-electron chi connectivity index (χ4n) is 1.45. The summed E-state index contributed by atoms with van der Waals surface area (Å²) < 4.78 is 11.9. The summed E-state index contributed by atoms with van der Waals surface area (Å²) in [5.41, 5.74) is 6.60. The highest BCUT2D eigenvalue weighted by Crippen LogP contribution is 2.23. The second-order valence-electron chi connectivity index (χ2n) is 5.18. The van der Waals surface area contributed by atoms with Gasteiger partial charge in [0.05, 0.1) is 22.7 Å². The third-order valence-corrected chi connectivity index (χ3v) is 4.08. The minimum Gasteiger partial charge on any atom is -0.391 e. The van der Waals surface area contributed by atoms with E-state index in [2.05, 4.69) is 20.8 Å². The molecule has 0 aliphatic heterocycles. The minimum atomic E-state index is -1.18. The first-order valence-corrected chi connectivity index (χ1v) is 7.03. The van der Waals surface area contributed by atoms with Gasteiger partial charge in [0.2, 0.25) is 0 Å². The van der Waals surface area contributed by atoms with E-state index in [0.29, 0.717) is 0 Å². The Morgan fingerprint density at radius 2 is 1.82 bits per heavy atom. The second-order valence-corrected chi connectivity index (χ2v) is 6.67. The van der Waals surface area contributed by atoms with Crippen LogP contribution in [0.3, 0.4) is 0 Å². The van der Waals surface area contributed by atoms with Crippen molar-refractivity contribution in [3.63, 3.8) is 0 Å². The van der Waals surface area contributed by atoms with E-state index in [-0.39, 0.29) is 17.7 Å². The summed E-state index contributed by atoms with van der Waals surface area (Å²) >= 11 is 0. The molecule has 1 rings (SSSR count). The molecule has 0 saturated heterocycles. The van der Waals surface area contributed by atoms with Crippen molar-refractivity contribution in [1.29, 1.82) is 0 Å². The Balaban J connectivity index is 2.78. The first-order valence-electron chi connectivity index (χ1n) is 5.71. The number of benzene rings is 1. The Morgan fingerprint density at radius 1 is 1.29 bits per heavy atom. The van der Waals surface area contributed by atoms with E-state index in [9.17, 15) is 9.32 Å². The highest BCUT2D eigenvalue weighted by molar-refractivity contribution is 7.85. The monoisotopic (exact) mass is 255 g/mol. The number of hydrogen-bond donors (Lipinski definition) is 2. The van der Waals surface area contributed by atoms with Crippen molar-refractivity contribution in [2.45, 2.75) is 37.2 Å². The van der Waals surface area contributed by atoms with Gasteiger partial charge < -0.3 is 10.8 Å². The average Bonchev–Trinajstić information content (AvgIpc) is 2.27. The maximum absolute atomic E-state index is 11.9. The largest absolute Gasteiger partial charge is 0.391 e. The summed E-state index contributed by atoms with van der Waals surface area (Å²) in [6.07, 6.45) is -0.696. The molecule has 0 aliphatic carbocycles. The molecule has 4 heteroatoms. The van der Waals surface area contributed by atoms with Crippen molar-refractivity contribution in [2.24, 2.45) is 5.73 Å². The molecule has 3 N–H and O–H groups in total. The molecule has 0 spiro atoms. The van der Waals surface area contributed by atoms with Crippen LogP contribution in [0, 0.1) is 0 Å². The van der Waals surface area contributed by atoms with E-state index in [1.54, 1.807) is 0 Å². The van der Waals surface area contributed by atoms with Crippen LogP contribution < -0.4 is 5.73 Å². The Morgan fingerprint density at radius 3 is 2.24 bits per heavy atom. The van der Waals surface area contributed by atoms with E-state index >= 15 is 0 Å². The second kappa shape index (κ2) is 5.76. The Kier molecular flexibility index (Phi) is 4.86.